The third-order valence-corrected chi connectivity index (χ3v) is 2.55. The molecule has 2 aromatic rings. The lowest BCUT2D eigenvalue weighted by molar-refractivity contribution is 0.624. The Hall–Kier alpha value is -1.70. The molecule has 1 atom stereocenters. The summed E-state index contributed by atoms with van der Waals surface area (Å²) in [6.45, 7) is 2.06. The van der Waals surface area contributed by atoms with Crippen molar-refractivity contribution in [2.45, 2.75) is 12.8 Å². The third-order valence-electron chi connectivity index (χ3n) is 2.55. The predicted molar refractivity (Wildman–Crippen MR) is 58.2 cm³/mol. The maximum absolute atomic E-state index is 13.0. The standard InChI is InChI=1S/C13H12FN/c1-10(11-5-7-15-8-6-11)12-3-2-4-13(14)9-12/h2-10H,1H3. The van der Waals surface area contributed by atoms with Crippen LogP contribution in [0.4, 0.5) is 4.39 Å². The van der Waals surface area contributed by atoms with Gasteiger partial charge in [-0.25, -0.2) is 4.39 Å². The van der Waals surface area contributed by atoms with Gasteiger partial charge in [-0.15, -0.1) is 0 Å². The van der Waals surface area contributed by atoms with Gasteiger partial charge in [0.1, 0.15) is 5.82 Å². The first-order valence-corrected chi connectivity index (χ1v) is 4.93. The lowest BCUT2D eigenvalue weighted by Crippen LogP contribution is -1.96. The normalized spacial score (nSPS) is 12.4. The zero-order valence-electron chi connectivity index (χ0n) is 8.52. The van der Waals surface area contributed by atoms with Gasteiger partial charge < -0.3 is 0 Å². The topological polar surface area (TPSA) is 12.9 Å². The summed E-state index contributed by atoms with van der Waals surface area (Å²) in [6.07, 6.45) is 3.51. The molecule has 0 amide bonds. The molecule has 0 bridgehead atoms. The molecular formula is C13H12FN. The Bertz CT molecular complexity index is 439. The summed E-state index contributed by atoms with van der Waals surface area (Å²) in [4.78, 5) is 3.96. The van der Waals surface area contributed by atoms with Crippen LogP contribution >= 0.6 is 0 Å². The van der Waals surface area contributed by atoms with Crippen molar-refractivity contribution < 1.29 is 4.39 Å². The molecular weight excluding hydrogens is 189 g/mol. The van der Waals surface area contributed by atoms with E-state index in [-0.39, 0.29) is 11.7 Å². The maximum Gasteiger partial charge on any atom is 0.123 e. The molecule has 1 aromatic carbocycles. The predicted octanol–water partition coefficient (Wildman–Crippen LogP) is 3.37. The largest absolute Gasteiger partial charge is 0.265 e. The summed E-state index contributed by atoms with van der Waals surface area (Å²) >= 11 is 0. The van der Waals surface area contributed by atoms with Gasteiger partial charge in [0.2, 0.25) is 0 Å². The van der Waals surface area contributed by atoms with E-state index in [0.717, 1.165) is 11.1 Å². The van der Waals surface area contributed by atoms with Gasteiger partial charge in [0.15, 0.2) is 0 Å². The number of hydrogen-bond donors (Lipinski definition) is 0. The first kappa shape index (κ1) is 9.84. The molecule has 1 heterocycles. The molecule has 0 fully saturated rings. The molecule has 76 valence electrons. The molecule has 0 radical (unpaired) electrons. The van der Waals surface area contributed by atoms with E-state index < -0.39 is 0 Å². The molecule has 0 saturated carbocycles. The lowest BCUT2D eigenvalue weighted by atomic mass is 9.94. The van der Waals surface area contributed by atoms with Crippen LogP contribution in [0, 0.1) is 5.82 Å². The van der Waals surface area contributed by atoms with Crippen molar-refractivity contribution in [1.82, 2.24) is 4.98 Å². The van der Waals surface area contributed by atoms with E-state index in [2.05, 4.69) is 11.9 Å². The summed E-state index contributed by atoms with van der Waals surface area (Å²) < 4.78 is 13.0. The Balaban J connectivity index is 2.32. The SMILES string of the molecule is CC(c1ccncc1)c1cccc(F)c1. The molecule has 0 saturated heterocycles. The van der Waals surface area contributed by atoms with Crippen molar-refractivity contribution in [3.05, 3.63) is 65.7 Å². The van der Waals surface area contributed by atoms with Crippen molar-refractivity contribution >= 4 is 0 Å². The maximum atomic E-state index is 13.0. The second-order valence-electron chi connectivity index (χ2n) is 3.56. The van der Waals surface area contributed by atoms with Crippen molar-refractivity contribution in [2.75, 3.05) is 0 Å². The highest BCUT2D eigenvalue weighted by Gasteiger charge is 2.08. The first-order chi connectivity index (χ1) is 7.27. The zero-order valence-corrected chi connectivity index (χ0v) is 8.52. The van der Waals surface area contributed by atoms with Crippen LogP contribution in [0.15, 0.2) is 48.8 Å². The molecule has 15 heavy (non-hydrogen) atoms. The molecule has 2 rings (SSSR count). The number of nitrogens with zero attached hydrogens (tertiary/aromatic N) is 1. The minimum Gasteiger partial charge on any atom is -0.265 e. The average Bonchev–Trinajstić information content (AvgIpc) is 2.29. The van der Waals surface area contributed by atoms with Gasteiger partial charge in [0, 0.05) is 18.3 Å². The van der Waals surface area contributed by atoms with Crippen LogP contribution in [-0.4, -0.2) is 4.98 Å². The summed E-state index contributed by atoms with van der Waals surface area (Å²) in [5.41, 5.74) is 2.14. The molecule has 0 aliphatic rings. The van der Waals surface area contributed by atoms with Gasteiger partial charge in [-0.05, 0) is 35.4 Å². The van der Waals surface area contributed by atoms with E-state index in [9.17, 15) is 4.39 Å². The van der Waals surface area contributed by atoms with Crippen LogP contribution < -0.4 is 0 Å². The zero-order chi connectivity index (χ0) is 10.7. The van der Waals surface area contributed by atoms with Crippen LogP contribution in [0.5, 0.6) is 0 Å². The molecule has 0 spiro atoms. The van der Waals surface area contributed by atoms with E-state index in [1.807, 2.05) is 18.2 Å². The monoisotopic (exact) mass is 201 g/mol. The number of hydrogen-bond acceptors (Lipinski definition) is 1. The van der Waals surface area contributed by atoms with Gasteiger partial charge in [0.05, 0.1) is 0 Å². The minimum atomic E-state index is -0.187. The van der Waals surface area contributed by atoms with Crippen molar-refractivity contribution in [1.29, 1.82) is 0 Å². The molecule has 1 nitrogen and oxygen atoms in total. The van der Waals surface area contributed by atoms with Crippen LogP contribution in [0.3, 0.4) is 0 Å². The van der Waals surface area contributed by atoms with E-state index in [1.165, 1.54) is 6.07 Å². The Morgan fingerprint density at radius 2 is 1.80 bits per heavy atom. The van der Waals surface area contributed by atoms with Crippen molar-refractivity contribution in [3.63, 3.8) is 0 Å². The first-order valence-electron chi connectivity index (χ1n) is 4.93. The van der Waals surface area contributed by atoms with Gasteiger partial charge in [-0.1, -0.05) is 19.1 Å². The highest BCUT2D eigenvalue weighted by atomic mass is 19.1. The fourth-order valence-corrected chi connectivity index (χ4v) is 1.62. The van der Waals surface area contributed by atoms with E-state index in [1.54, 1.807) is 24.5 Å². The van der Waals surface area contributed by atoms with Crippen LogP contribution in [0.25, 0.3) is 0 Å². The number of pyridine rings is 1. The summed E-state index contributed by atoms with van der Waals surface area (Å²) in [5, 5.41) is 0. The molecule has 1 unspecified atom stereocenters. The quantitative estimate of drug-likeness (QED) is 0.725. The van der Waals surface area contributed by atoms with Gasteiger partial charge in [0.25, 0.3) is 0 Å². The van der Waals surface area contributed by atoms with E-state index in [0.29, 0.717) is 0 Å². The Morgan fingerprint density at radius 1 is 1.07 bits per heavy atom. The summed E-state index contributed by atoms with van der Waals surface area (Å²) in [6, 6.07) is 10.6. The minimum absolute atomic E-state index is 0.187. The molecule has 0 aliphatic carbocycles. The van der Waals surface area contributed by atoms with Crippen molar-refractivity contribution in [3.8, 4) is 0 Å². The molecule has 2 heteroatoms. The second-order valence-corrected chi connectivity index (χ2v) is 3.56. The smallest absolute Gasteiger partial charge is 0.123 e. The fraction of sp³-hybridized carbons (Fsp3) is 0.154. The Kier molecular flexibility index (Phi) is 2.77. The Morgan fingerprint density at radius 3 is 2.47 bits per heavy atom. The molecule has 1 aromatic heterocycles. The van der Waals surface area contributed by atoms with Crippen LogP contribution in [-0.2, 0) is 0 Å². The van der Waals surface area contributed by atoms with Gasteiger partial charge in [-0.3, -0.25) is 4.98 Å². The summed E-state index contributed by atoms with van der Waals surface area (Å²) in [5.74, 6) is 0.0112. The van der Waals surface area contributed by atoms with Crippen molar-refractivity contribution in [2.24, 2.45) is 0 Å². The number of halogens is 1. The molecule has 0 aliphatic heterocycles. The van der Waals surface area contributed by atoms with Gasteiger partial charge in [-0.2, -0.15) is 0 Å². The fourth-order valence-electron chi connectivity index (χ4n) is 1.62. The van der Waals surface area contributed by atoms with Crippen LogP contribution in [0.2, 0.25) is 0 Å². The second kappa shape index (κ2) is 4.22. The van der Waals surface area contributed by atoms with E-state index >= 15 is 0 Å². The lowest BCUT2D eigenvalue weighted by Gasteiger charge is -2.11. The van der Waals surface area contributed by atoms with Crippen LogP contribution in [0.1, 0.15) is 24.0 Å². The number of aromatic nitrogens is 1. The molecule has 0 N–H and O–H groups in total. The number of benzene rings is 1. The Labute approximate surface area is 88.6 Å². The average molecular weight is 201 g/mol. The highest BCUT2D eigenvalue weighted by molar-refractivity contribution is 5.30. The number of rotatable bonds is 2. The third kappa shape index (κ3) is 2.21. The van der Waals surface area contributed by atoms with Gasteiger partial charge >= 0.3 is 0 Å². The van der Waals surface area contributed by atoms with E-state index in [4.69, 9.17) is 0 Å². The highest BCUT2D eigenvalue weighted by Crippen LogP contribution is 2.23. The summed E-state index contributed by atoms with van der Waals surface area (Å²) in [7, 11) is 0.